The summed E-state index contributed by atoms with van der Waals surface area (Å²) >= 11 is 0. The first-order chi connectivity index (χ1) is 5.24. The van der Waals surface area contributed by atoms with E-state index in [2.05, 4.69) is 15.2 Å². The number of carboxylic acid groups (broad SMARTS) is 1. The van der Waals surface area contributed by atoms with Gasteiger partial charge >= 0.3 is 5.97 Å². The molecule has 0 aliphatic rings. The van der Waals surface area contributed by atoms with Crippen molar-refractivity contribution in [2.24, 2.45) is 5.73 Å². The predicted molar refractivity (Wildman–Crippen MR) is 34.7 cm³/mol. The van der Waals surface area contributed by atoms with Crippen molar-refractivity contribution in [2.45, 2.75) is 6.54 Å². The summed E-state index contributed by atoms with van der Waals surface area (Å²) in [7, 11) is 0. The largest absolute Gasteiger partial charge is 0.476 e. The second-order valence-corrected chi connectivity index (χ2v) is 1.77. The highest BCUT2D eigenvalue weighted by molar-refractivity contribution is 5.84. The van der Waals surface area contributed by atoms with E-state index in [9.17, 15) is 4.79 Å². The minimum atomic E-state index is -1.13. The lowest BCUT2D eigenvalue weighted by molar-refractivity contribution is 0.0689. The summed E-state index contributed by atoms with van der Waals surface area (Å²) in [5, 5.41) is 15.3. The van der Waals surface area contributed by atoms with Gasteiger partial charge in [0.05, 0.1) is 12.7 Å². The third-order valence-electron chi connectivity index (χ3n) is 1.00. The third kappa shape index (κ3) is 1.68. The van der Waals surface area contributed by atoms with Crippen LogP contribution in [0, 0.1) is 0 Å². The highest BCUT2D eigenvalue weighted by Gasteiger charge is 2.05. The van der Waals surface area contributed by atoms with Crippen molar-refractivity contribution in [3.63, 3.8) is 0 Å². The van der Waals surface area contributed by atoms with Crippen LogP contribution in [0.1, 0.15) is 16.3 Å². The van der Waals surface area contributed by atoms with E-state index in [0.717, 1.165) is 6.20 Å². The molecule has 0 amide bonds. The fraction of sp³-hybridized carbons (Fsp3) is 0.200. The van der Waals surface area contributed by atoms with E-state index in [1.54, 1.807) is 0 Å². The minimum Gasteiger partial charge on any atom is -0.476 e. The van der Waals surface area contributed by atoms with Crippen LogP contribution in [0.15, 0.2) is 6.20 Å². The standard InChI is InChI=1S/C5H6N4O2/c6-1-4-8-3(5(10)11)2-7-9-4/h2H,1,6H2,(H,10,11). The molecule has 11 heavy (non-hydrogen) atoms. The number of hydrogen-bond donors (Lipinski definition) is 2. The Bertz CT molecular complexity index is 275. The quantitative estimate of drug-likeness (QED) is 0.568. The summed E-state index contributed by atoms with van der Waals surface area (Å²) < 4.78 is 0. The van der Waals surface area contributed by atoms with Gasteiger partial charge in [-0.25, -0.2) is 9.78 Å². The average molecular weight is 154 g/mol. The van der Waals surface area contributed by atoms with Crippen LogP contribution in [0.4, 0.5) is 0 Å². The number of carboxylic acids is 1. The van der Waals surface area contributed by atoms with Crippen LogP contribution in [0.25, 0.3) is 0 Å². The van der Waals surface area contributed by atoms with Crippen molar-refractivity contribution in [1.82, 2.24) is 15.2 Å². The van der Waals surface area contributed by atoms with Crippen LogP contribution < -0.4 is 5.73 Å². The molecule has 0 saturated carbocycles. The number of nitrogens with zero attached hydrogens (tertiary/aromatic N) is 3. The van der Waals surface area contributed by atoms with Gasteiger partial charge in [-0.1, -0.05) is 0 Å². The summed E-state index contributed by atoms with van der Waals surface area (Å²) in [4.78, 5) is 13.9. The van der Waals surface area contributed by atoms with Crippen LogP contribution in [0.2, 0.25) is 0 Å². The van der Waals surface area contributed by atoms with E-state index >= 15 is 0 Å². The molecule has 0 bridgehead atoms. The molecule has 1 aromatic heterocycles. The molecule has 0 unspecified atom stereocenters. The monoisotopic (exact) mass is 154 g/mol. The molecule has 3 N–H and O–H groups in total. The summed E-state index contributed by atoms with van der Waals surface area (Å²) in [5.41, 5.74) is 5.02. The zero-order valence-corrected chi connectivity index (χ0v) is 5.56. The van der Waals surface area contributed by atoms with Gasteiger partial charge in [-0.05, 0) is 0 Å². The second kappa shape index (κ2) is 3.02. The Morgan fingerprint density at radius 3 is 3.00 bits per heavy atom. The Balaban J connectivity index is 3.01. The second-order valence-electron chi connectivity index (χ2n) is 1.77. The molecule has 1 heterocycles. The Labute approximate surface area is 62.1 Å². The lowest BCUT2D eigenvalue weighted by atomic mass is 10.4. The highest BCUT2D eigenvalue weighted by Crippen LogP contribution is 1.90. The van der Waals surface area contributed by atoms with Crippen LogP contribution in [0.5, 0.6) is 0 Å². The maximum atomic E-state index is 10.3. The van der Waals surface area contributed by atoms with E-state index in [0.29, 0.717) is 0 Å². The number of rotatable bonds is 2. The van der Waals surface area contributed by atoms with E-state index in [1.165, 1.54) is 0 Å². The summed E-state index contributed by atoms with van der Waals surface area (Å²) in [5.74, 6) is -0.903. The highest BCUT2D eigenvalue weighted by atomic mass is 16.4. The Kier molecular flexibility index (Phi) is 2.07. The van der Waals surface area contributed by atoms with Gasteiger partial charge in [0, 0.05) is 0 Å². The van der Waals surface area contributed by atoms with Crippen LogP contribution in [-0.4, -0.2) is 26.3 Å². The van der Waals surface area contributed by atoms with E-state index in [1.807, 2.05) is 0 Å². The molecule has 0 aliphatic carbocycles. The van der Waals surface area contributed by atoms with Crippen LogP contribution >= 0.6 is 0 Å². The zero-order chi connectivity index (χ0) is 8.27. The van der Waals surface area contributed by atoms with Crippen molar-refractivity contribution in [2.75, 3.05) is 0 Å². The van der Waals surface area contributed by atoms with Crippen LogP contribution in [-0.2, 0) is 6.54 Å². The number of hydrogen-bond acceptors (Lipinski definition) is 5. The molecule has 0 spiro atoms. The maximum absolute atomic E-state index is 10.3. The molecule has 0 atom stereocenters. The maximum Gasteiger partial charge on any atom is 0.356 e. The molecular formula is C5H6N4O2. The minimum absolute atomic E-state index is 0.0914. The molecule has 58 valence electrons. The molecule has 1 rings (SSSR count). The first-order valence-electron chi connectivity index (χ1n) is 2.86. The SMILES string of the molecule is NCc1nncc(C(=O)O)n1. The van der Waals surface area contributed by atoms with Gasteiger partial charge in [-0.2, -0.15) is 5.10 Å². The molecule has 6 heteroatoms. The molecular weight excluding hydrogens is 148 g/mol. The normalized spacial score (nSPS) is 9.55. The van der Waals surface area contributed by atoms with Crippen molar-refractivity contribution >= 4 is 5.97 Å². The van der Waals surface area contributed by atoms with E-state index in [-0.39, 0.29) is 18.1 Å². The van der Waals surface area contributed by atoms with E-state index in [4.69, 9.17) is 10.8 Å². The first kappa shape index (κ1) is 7.55. The van der Waals surface area contributed by atoms with Gasteiger partial charge in [-0.15, -0.1) is 5.10 Å². The average Bonchev–Trinajstić information content (AvgIpc) is 2.05. The molecule has 0 saturated heterocycles. The summed E-state index contributed by atoms with van der Waals surface area (Å²) in [6.45, 7) is 0.0914. The van der Waals surface area contributed by atoms with Crippen molar-refractivity contribution in [3.05, 3.63) is 17.7 Å². The number of aromatic carboxylic acids is 1. The topological polar surface area (TPSA) is 102 Å². The van der Waals surface area contributed by atoms with Gasteiger partial charge in [0.15, 0.2) is 11.5 Å². The Morgan fingerprint density at radius 1 is 1.73 bits per heavy atom. The molecule has 6 nitrogen and oxygen atoms in total. The Hall–Kier alpha value is -1.56. The lowest BCUT2D eigenvalue weighted by Crippen LogP contribution is -2.09. The van der Waals surface area contributed by atoms with Gasteiger partial charge in [-0.3, -0.25) is 0 Å². The Morgan fingerprint density at radius 2 is 2.45 bits per heavy atom. The number of nitrogens with two attached hydrogens (primary N) is 1. The van der Waals surface area contributed by atoms with Crippen molar-refractivity contribution in [3.8, 4) is 0 Å². The van der Waals surface area contributed by atoms with Crippen molar-refractivity contribution in [1.29, 1.82) is 0 Å². The summed E-state index contributed by atoms with van der Waals surface area (Å²) in [6.07, 6.45) is 1.07. The third-order valence-corrected chi connectivity index (χ3v) is 1.00. The van der Waals surface area contributed by atoms with E-state index < -0.39 is 5.97 Å². The molecule has 0 radical (unpaired) electrons. The van der Waals surface area contributed by atoms with Gasteiger partial charge in [0.2, 0.25) is 0 Å². The fourth-order valence-electron chi connectivity index (χ4n) is 0.530. The lowest BCUT2D eigenvalue weighted by Gasteiger charge is -1.93. The smallest absolute Gasteiger partial charge is 0.356 e. The zero-order valence-electron chi connectivity index (χ0n) is 5.56. The van der Waals surface area contributed by atoms with Crippen LogP contribution in [0.3, 0.4) is 0 Å². The van der Waals surface area contributed by atoms with Crippen molar-refractivity contribution < 1.29 is 9.90 Å². The predicted octanol–water partition coefficient (Wildman–Crippen LogP) is -0.972. The molecule has 1 aromatic rings. The van der Waals surface area contributed by atoms with Gasteiger partial charge < -0.3 is 10.8 Å². The molecule has 0 aromatic carbocycles. The number of carbonyl (C=O) groups is 1. The molecule has 0 aliphatic heterocycles. The van der Waals surface area contributed by atoms with Gasteiger partial charge in [0.1, 0.15) is 0 Å². The van der Waals surface area contributed by atoms with Gasteiger partial charge in [0.25, 0.3) is 0 Å². The molecule has 0 fully saturated rings. The fourth-order valence-corrected chi connectivity index (χ4v) is 0.530. The first-order valence-corrected chi connectivity index (χ1v) is 2.86. The number of aromatic nitrogens is 3. The summed E-state index contributed by atoms with van der Waals surface area (Å²) in [6, 6.07) is 0.